The van der Waals surface area contributed by atoms with Crippen LogP contribution in [0.4, 0.5) is 11.4 Å². The van der Waals surface area contributed by atoms with Gasteiger partial charge in [0.05, 0.1) is 4.90 Å². The number of benzene rings is 3. The van der Waals surface area contributed by atoms with Gasteiger partial charge >= 0.3 is 0 Å². The van der Waals surface area contributed by atoms with Gasteiger partial charge in [-0.1, -0.05) is 12.1 Å². The highest BCUT2D eigenvalue weighted by atomic mass is 32.2. The van der Waals surface area contributed by atoms with Gasteiger partial charge in [-0.25, -0.2) is 13.6 Å². The van der Waals surface area contributed by atoms with Gasteiger partial charge in [0, 0.05) is 39.6 Å². The van der Waals surface area contributed by atoms with E-state index < -0.39 is 10.0 Å². The Labute approximate surface area is 189 Å². The summed E-state index contributed by atoms with van der Waals surface area (Å²) in [6.07, 6.45) is 0. The lowest BCUT2D eigenvalue weighted by molar-refractivity contribution is 0.174. The molecule has 2 N–H and O–H groups in total. The molecule has 0 unspecified atom stereocenters. The Balaban J connectivity index is 1.96. The monoisotopic (exact) mass is 453 g/mol. The third kappa shape index (κ3) is 3.99. The molecule has 0 amide bonds. The van der Waals surface area contributed by atoms with Gasteiger partial charge in [0.2, 0.25) is 16.8 Å². The van der Waals surface area contributed by atoms with Crippen molar-refractivity contribution in [3.8, 4) is 33.8 Å². The third-order valence-electron chi connectivity index (χ3n) is 5.63. The summed E-state index contributed by atoms with van der Waals surface area (Å²) in [6, 6.07) is 14.8. The Kier molecular flexibility index (Phi) is 5.52. The van der Waals surface area contributed by atoms with E-state index in [2.05, 4.69) is 28.9 Å². The van der Waals surface area contributed by atoms with Crippen molar-refractivity contribution >= 4 is 21.4 Å². The summed E-state index contributed by atoms with van der Waals surface area (Å²) in [6.45, 7) is 2.28. The van der Waals surface area contributed by atoms with Crippen LogP contribution in [0.15, 0.2) is 53.4 Å². The van der Waals surface area contributed by atoms with Crippen molar-refractivity contribution in [3.05, 3.63) is 54.1 Å². The Morgan fingerprint density at radius 2 is 1.25 bits per heavy atom. The summed E-state index contributed by atoms with van der Waals surface area (Å²) in [4.78, 5) is 4.27. The fourth-order valence-electron chi connectivity index (χ4n) is 4.01. The van der Waals surface area contributed by atoms with Crippen LogP contribution in [-0.2, 0) is 10.0 Å². The largest absolute Gasteiger partial charge is 0.454 e. The van der Waals surface area contributed by atoms with Crippen molar-refractivity contribution in [1.29, 1.82) is 0 Å². The summed E-state index contributed by atoms with van der Waals surface area (Å²) in [5, 5.41) is 5.27. The van der Waals surface area contributed by atoms with Crippen LogP contribution in [-0.4, -0.2) is 43.4 Å². The Morgan fingerprint density at radius 1 is 0.781 bits per heavy atom. The van der Waals surface area contributed by atoms with Crippen molar-refractivity contribution in [1.82, 2.24) is 0 Å². The molecule has 3 aromatic rings. The van der Waals surface area contributed by atoms with Gasteiger partial charge in [-0.2, -0.15) is 0 Å². The van der Waals surface area contributed by atoms with Crippen LogP contribution in [0.25, 0.3) is 22.3 Å². The number of anilines is 2. The first kappa shape index (κ1) is 22.0. The second-order valence-corrected chi connectivity index (χ2v) is 9.81. The molecule has 4 rings (SSSR count). The molecule has 3 aromatic carbocycles. The molecule has 0 aromatic heterocycles. The predicted octanol–water partition coefficient (Wildman–Crippen LogP) is 3.84. The summed E-state index contributed by atoms with van der Waals surface area (Å²) in [5.74, 6) is 1.34. The molecule has 1 heterocycles. The van der Waals surface area contributed by atoms with Crippen molar-refractivity contribution in [2.75, 3.05) is 44.8 Å². The Bertz CT molecular complexity index is 1250. The van der Waals surface area contributed by atoms with E-state index in [4.69, 9.17) is 14.6 Å². The van der Waals surface area contributed by atoms with Gasteiger partial charge in [-0.3, -0.25) is 0 Å². The maximum atomic E-state index is 11.7. The number of rotatable bonds is 5. The number of hydrogen-bond acceptors (Lipinski definition) is 6. The van der Waals surface area contributed by atoms with Crippen LogP contribution in [0.5, 0.6) is 11.5 Å². The summed E-state index contributed by atoms with van der Waals surface area (Å²) >= 11 is 0. The number of hydrogen-bond donors (Lipinski definition) is 1. The highest BCUT2D eigenvalue weighted by Crippen LogP contribution is 2.45. The second kappa shape index (κ2) is 8.03. The number of primary sulfonamides is 1. The normalized spacial score (nSPS) is 12.7. The van der Waals surface area contributed by atoms with E-state index in [0.29, 0.717) is 11.5 Å². The molecule has 8 heteroatoms. The molecule has 1 aliphatic rings. The fraction of sp³-hybridized carbons (Fsp3) is 0.250. The molecule has 0 fully saturated rings. The van der Waals surface area contributed by atoms with Crippen LogP contribution >= 0.6 is 0 Å². The van der Waals surface area contributed by atoms with Gasteiger partial charge in [0.15, 0.2) is 11.5 Å². The predicted molar refractivity (Wildman–Crippen MR) is 128 cm³/mol. The van der Waals surface area contributed by atoms with Gasteiger partial charge in [0.1, 0.15) is 0 Å². The Hall–Kier alpha value is -3.23. The molecule has 0 atom stereocenters. The number of sulfonamides is 1. The number of fused-ring (bicyclic) bond motifs is 1. The summed E-state index contributed by atoms with van der Waals surface area (Å²) in [7, 11) is 4.34. The molecule has 0 aliphatic carbocycles. The van der Waals surface area contributed by atoms with E-state index in [-0.39, 0.29) is 11.7 Å². The first-order valence-electron chi connectivity index (χ1n) is 10.1. The molecule has 0 spiro atoms. The van der Waals surface area contributed by atoms with E-state index in [9.17, 15) is 8.42 Å². The Morgan fingerprint density at radius 3 is 1.69 bits per heavy atom. The lowest BCUT2D eigenvalue weighted by atomic mass is 9.92. The molecule has 0 bridgehead atoms. The molecule has 7 nitrogen and oxygen atoms in total. The maximum absolute atomic E-state index is 11.7. The summed E-state index contributed by atoms with van der Waals surface area (Å²) < 4.78 is 34.7. The second-order valence-electron chi connectivity index (χ2n) is 8.25. The van der Waals surface area contributed by atoms with E-state index in [1.807, 2.05) is 40.3 Å². The highest BCUT2D eigenvalue weighted by Gasteiger charge is 2.21. The van der Waals surface area contributed by atoms with E-state index in [1.165, 1.54) is 17.7 Å². The standard InChI is InChI=1S/C24H27N3O4S/c1-15-21(26(2)3)10-17(11-22(15)27(4)5)20-13-24-23(30-14-31-24)12-19(20)16-6-8-18(9-7-16)32(25,28)29/h6-13H,14H2,1-5H3,(H2,25,28,29). The SMILES string of the molecule is Cc1c(N(C)C)cc(-c2cc3c(cc2-c2ccc(S(N)(=O)=O)cc2)OCO3)cc1N(C)C. The molecule has 1 aliphatic heterocycles. The van der Waals surface area contributed by atoms with Crippen LogP contribution in [0.2, 0.25) is 0 Å². The van der Waals surface area contributed by atoms with Crippen molar-refractivity contribution in [2.45, 2.75) is 11.8 Å². The molecule has 0 saturated carbocycles. The lowest BCUT2D eigenvalue weighted by Crippen LogP contribution is -2.15. The van der Waals surface area contributed by atoms with Gasteiger partial charge < -0.3 is 19.3 Å². The average Bonchev–Trinajstić information content (AvgIpc) is 3.19. The van der Waals surface area contributed by atoms with E-state index in [1.54, 1.807) is 12.1 Å². The molecule has 32 heavy (non-hydrogen) atoms. The van der Waals surface area contributed by atoms with Crippen LogP contribution in [0.3, 0.4) is 0 Å². The minimum Gasteiger partial charge on any atom is -0.454 e. The third-order valence-corrected chi connectivity index (χ3v) is 6.56. The van der Waals surface area contributed by atoms with Crippen LogP contribution < -0.4 is 24.4 Å². The minimum atomic E-state index is -3.76. The van der Waals surface area contributed by atoms with Crippen molar-refractivity contribution < 1.29 is 17.9 Å². The minimum absolute atomic E-state index is 0.0728. The summed E-state index contributed by atoms with van der Waals surface area (Å²) in [5.41, 5.74) is 7.15. The number of nitrogens with zero attached hydrogens (tertiary/aromatic N) is 2. The van der Waals surface area contributed by atoms with Crippen molar-refractivity contribution in [2.24, 2.45) is 5.14 Å². The van der Waals surface area contributed by atoms with Crippen LogP contribution in [0, 0.1) is 6.92 Å². The quantitative estimate of drug-likeness (QED) is 0.632. The zero-order chi connectivity index (χ0) is 23.2. The molecule has 168 valence electrons. The van der Waals surface area contributed by atoms with Gasteiger partial charge in [0.25, 0.3) is 0 Å². The molecular weight excluding hydrogens is 426 g/mol. The first-order chi connectivity index (χ1) is 15.1. The van der Waals surface area contributed by atoms with E-state index in [0.717, 1.165) is 33.6 Å². The molecule has 0 saturated heterocycles. The maximum Gasteiger partial charge on any atom is 0.238 e. The smallest absolute Gasteiger partial charge is 0.238 e. The molecular formula is C24H27N3O4S. The van der Waals surface area contributed by atoms with Crippen LogP contribution in [0.1, 0.15) is 5.56 Å². The van der Waals surface area contributed by atoms with E-state index >= 15 is 0 Å². The lowest BCUT2D eigenvalue weighted by Gasteiger charge is -2.24. The van der Waals surface area contributed by atoms with Gasteiger partial charge in [-0.15, -0.1) is 0 Å². The van der Waals surface area contributed by atoms with Gasteiger partial charge in [-0.05, 0) is 71.1 Å². The molecule has 0 radical (unpaired) electrons. The average molecular weight is 454 g/mol. The zero-order valence-electron chi connectivity index (χ0n) is 18.8. The topological polar surface area (TPSA) is 85.1 Å². The fourth-order valence-corrected chi connectivity index (χ4v) is 4.53. The number of ether oxygens (including phenoxy) is 2. The van der Waals surface area contributed by atoms with Crippen molar-refractivity contribution in [3.63, 3.8) is 0 Å². The number of nitrogens with two attached hydrogens (primary N) is 1. The zero-order valence-corrected chi connectivity index (χ0v) is 19.7. The first-order valence-corrected chi connectivity index (χ1v) is 11.7. The highest BCUT2D eigenvalue weighted by molar-refractivity contribution is 7.89.